The maximum absolute atomic E-state index is 12.4. The number of aliphatic hydroxyl groups is 1. The summed E-state index contributed by atoms with van der Waals surface area (Å²) in [5, 5.41) is 10.7. The van der Waals surface area contributed by atoms with E-state index in [1.54, 1.807) is 13.0 Å². The molecular formula is C14H15NO5. The summed E-state index contributed by atoms with van der Waals surface area (Å²) in [6, 6.07) is 1.55. The number of ether oxygens (including phenoxy) is 1. The largest absolute Gasteiger partial charge is 0.460 e. The molecule has 0 saturated carbocycles. The fourth-order valence-corrected chi connectivity index (χ4v) is 2.89. The van der Waals surface area contributed by atoms with Crippen LogP contribution < -0.4 is 5.56 Å². The highest BCUT2D eigenvalue weighted by molar-refractivity contribution is 5.96. The third-order valence-electron chi connectivity index (χ3n) is 4.15. The highest BCUT2D eigenvalue weighted by Crippen LogP contribution is 2.34. The second-order valence-electron chi connectivity index (χ2n) is 5.27. The lowest BCUT2D eigenvalue weighted by atomic mass is 9.85. The van der Waals surface area contributed by atoms with Crippen molar-refractivity contribution < 1.29 is 19.4 Å². The summed E-state index contributed by atoms with van der Waals surface area (Å²) in [7, 11) is 0. The minimum Gasteiger partial charge on any atom is -0.460 e. The Morgan fingerprint density at radius 1 is 1.40 bits per heavy atom. The first-order valence-corrected chi connectivity index (χ1v) is 6.64. The van der Waals surface area contributed by atoms with Crippen LogP contribution in [0.4, 0.5) is 0 Å². The van der Waals surface area contributed by atoms with Gasteiger partial charge in [0, 0.05) is 13.0 Å². The molecule has 106 valence electrons. The summed E-state index contributed by atoms with van der Waals surface area (Å²) in [6.07, 6.45) is 0.363. The second kappa shape index (κ2) is 4.28. The van der Waals surface area contributed by atoms with Crippen molar-refractivity contribution in [3.8, 4) is 0 Å². The van der Waals surface area contributed by atoms with Crippen molar-refractivity contribution >= 4 is 11.8 Å². The minimum absolute atomic E-state index is 0.111. The Morgan fingerprint density at radius 3 is 2.85 bits per heavy atom. The van der Waals surface area contributed by atoms with Gasteiger partial charge in [0.05, 0.1) is 17.7 Å². The summed E-state index contributed by atoms with van der Waals surface area (Å²) in [4.78, 5) is 35.8. The zero-order valence-electron chi connectivity index (χ0n) is 11.1. The number of fused-ring (bicyclic) bond motifs is 2. The SMILES string of the molecule is CC[C@@]1(O)CC(=O)OCc2c1cc1n(c2=O)CCC1=O. The fourth-order valence-electron chi connectivity index (χ4n) is 2.89. The number of nitrogens with zero attached hydrogens (tertiary/aromatic N) is 1. The Hall–Kier alpha value is -1.95. The second-order valence-corrected chi connectivity index (χ2v) is 5.27. The highest BCUT2D eigenvalue weighted by atomic mass is 16.5. The number of aromatic nitrogens is 1. The number of hydrogen-bond donors (Lipinski definition) is 1. The Labute approximate surface area is 115 Å². The van der Waals surface area contributed by atoms with Gasteiger partial charge in [-0.2, -0.15) is 0 Å². The topological polar surface area (TPSA) is 85.6 Å². The molecule has 3 heterocycles. The van der Waals surface area contributed by atoms with Gasteiger partial charge in [-0.05, 0) is 18.1 Å². The van der Waals surface area contributed by atoms with E-state index in [0.717, 1.165) is 0 Å². The van der Waals surface area contributed by atoms with E-state index >= 15 is 0 Å². The zero-order valence-corrected chi connectivity index (χ0v) is 11.1. The van der Waals surface area contributed by atoms with Gasteiger partial charge in [0.1, 0.15) is 12.2 Å². The van der Waals surface area contributed by atoms with E-state index in [1.807, 2.05) is 0 Å². The van der Waals surface area contributed by atoms with Crippen LogP contribution in [0, 0.1) is 0 Å². The molecule has 2 aliphatic heterocycles. The first-order chi connectivity index (χ1) is 9.46. The molecule has 0 bridgehead atoms. The van der Waals surface area contributed by atoms with Crippen LogP contribution in [0.1, 0.15) is 47.8 Å². The van der Waals surface area contributed by atoms with E-state index in [4.69, 9.17) is 4.74 Å². The van der Waals surface area contributed by atoms with Gasteiger partial charge in [0.15, 0.2) is 5.78 Å². The van der Waals surface area contributed by atoms with Crippen molar-refractivity contribution in [1.29, 1.82) is 0 Å². The third kappa shape index (κ3) is 1.71. The number of cyclic esters (lactones) is 1. The molecule has 0 spiro atoms. The molecule has 0 saturated heterocycles. The Bertz CT molecular complexity index is 675. The molecule has 0 radical (unpaired) electrons. The smallest absolute Gasteiger partial charge is 0.309 e. The van der Waals surface area contributed by atoms with Crippen molar-refractivity contribution in [2.75, 3.05) is 0 Å². The summed E-state index contributed by atoms with van der Waals surface area (Å²) >= 11 is 0. The summed E-state index contributed by atoms with van der Waals surface area (Å²) in [5.41, 5.74) is -0.837. The number of rotatable bonds is 1. The van der Waals surface area contributed by atoms with Gasteiger partial charge in [-0.25, -0.2) is 0 Å². The number of carbonyl (C=O) groups excluding carboxylic acids is 2. The molecule has 0 aromatic carbocycles. The fraction of sp³-hybridized carbons (Fsp3) is 0.500. The van der Waals surface area contributed by atoms with Gasteiger partial charge in [-0.1, -0.05) is 6.92 Å². The highest BCUT2D eigenvalue weighted by Gasteiger charge is 2.39. The van der Waals surface area contributed by atoms with Gasteiger partial charge in [0.25, 0.3) is 5.56 Å². The Morgan fingerprint density at radius 2 is 2.15 bits per heavy atom. The van der Waals surface area contributed by atoms with Crippen LogP contribution in [0.2, 0.25) is 0 Å². The zero-order chi connectivity index (χ0) is 14.5. The lowest BCUT2D eigenvalue weighted by Crippen LogP contribution is -2.33. The third-order valence-corrected chi connectivity index (χ3v) is 4.15. The lowest BCUT2D eigenvalue weighted by Gasteiger charge is -2.26. The molecule has 6 heteroatoms. The molecule has 20 heavy (non-hydrogen) atoms. The summed E-state index contributed by atoms with van der Waals surface area (Å²) in [6.45, 7) is 1.93. The van der Waals surface area contributed by atoms with Crippen LogP contribution in [0.5, 0.6) is 0 Å². The van der Waals surface area contributed by atoms with Crippen molar-refractivity contribution in [3.63, 3.8) is 0 Å². The Kier molecular flexibility index (Phi) is 2.79. The van der Waals surface area contributed by atoms with Gasteiger partial charge < -0.3 is 14.4 Å². The van der Waals surface area contributed by atoms with Crippen molar-refractivity contribution in [1.82, 2.24) is 4.57 Å². The van der Waals surface area contributed by atoms with Gasteiger partial charge in [-0.15, -0.1) is 0 Å². The number of esters is 1. The number of ketones is 1. The van der Waals surface area contributed by atoms with Crippen LogP contribution in [0.3, 0.4) is 0 Å². The molecule has 1 aromatic rings. The minimum atomic E-state index is -1.44. The lowest BCUT2D eigenvalue weighted by molar-refractivity contribution is -0.149. The molecule has 1 aromatic heterocycles. The van der Waals surface area contributed by atoms with Crippen LogP contribution in [-0.4, -0.2) is 21.4 Å². The van der Waals surface area contributed by atoms with Crippen molar-refractivity contribution in [2.45, 2.75) is 44.9 Å². The monoisotopic (exact) mass is 277 g/mol. The normalized spacial score (nSPS) is 24.9. The van der Waals surface area contributed by atoms with Crippen LogP contribution in [0.25, 0.3) is 0 Å². The standard InChI is InChI=1S/C14H15NO5/c1-2-14(19)6-12(17)20-7-8-9(14)5-10-11(16)3-4-15(10)13(8)18/h5,19H,2-4,6-7H2,1H3/t14-/m1/s1. The predicted octanol–water partition coefficient (Wildman–Crippen LogP) is 0.479. The summed E-state index contributed by atoms with van der Waals surface area (Å²) in [5.74, 6) is -0.652. The van der Waals surface area contributed by atoms with Crippen LogP contribution in [-0.2, 0) is 28.3 Å². The number of carbonyl (C=O) groups is 2. The quantitative estimate of drug-likeness (QED) is 0.755. The Balaban J connectivity index is 2.30. The molecule has 1 N–H and O–H groups in total. The van der Waals surface area contributed by atoms with Crippen LogP contribution in [0.15, 0.2) is 10.9 Å². The van der Waals surface area contributed by atoms with E-state index in [-0.39, 0.29) is 36.4 Å². The van der Waals surface area contributed by atoms with Crippen molar-refractivity contribution in [2.24, 2.45) is 0 Å². The van der Waals surface area contributed by atoms with Gasteiger partial charge in [-0.3, -0.25) is 14.4 Å². The molecule has 0 unspecified atom stereocenters. The number of pyridine rings is 1. The van der Waals surface area contributed by atoms with Gasteiger partial charge in [0.2, 0.25) is 0 Å². The molecule has 6 nitrogen and oxygen atoms in total. The molecular weight excluding hydrogens is 262 g/mol. The number of Topliss-reactive ketones (excluding diaryl/α,β-unsaturated/α-hetero) is 1. The first kappa shape index (κ1) is 13.1. The van der Waals surface area contributed by atoms with E-state index in [0.29, 0.717) is 24.2 Å². The maximum Gasteiger partial charge on any atom is 0.309 e. The molecule has 0 fully saturated rings. The van der Waals surface area contributed by atoms with Crippen LogP contribution >= 0.6 is 0 Å². The molecule has 2 aliphatic rings. The average molecular weight is 277 g/mol. The molecule has 1 atom stereocenters. The van der Waals surface area contributed by atoms with E-state index in [1.165, 1.54) is 4.57 Å². The van der Waals surface area contributed by atoms with E-state index < -0.39 is 11.6 Å². The van der Waals surface area contributed by atoms with E-state index in [9.17, 15) is 19.5 Å². The molecule has 0 amide bonds. The predicted molar refractivity (Wildman–Crippen MR) is 68.3 cm³/mol. The molecule has 0 aliphatic carbocycles. The average Bonchev–Trinajstić information content (AvgIpc) is 2.72. The first-order valence-electron chi connectivity index (χ1n) is 6.64. The number of hydrogen-bond acceptors (Lipinski definition) is 5. The molecule has 3 rings (SSSR count). The van der Waals surface area contributed by atoms with Crippen molar-refractivity contribution in [3.05, 3.63) is 33.2 Å². The van der Waals surface area contributed by atoms with E-state index in [2.05, 4.69) is 0 Å². The maximum atomic E-state index is 12.4. The van der Waals surface area contributed by atoms with Gasteiger partial charge >= 0.3 is 5.97 Å². The summed E-state index contributed by atoms with van der Waals surface area (Å²) < 4.78 is 6.40.